The van der Waals surface area contributed by atoms with Gasteiger partial charge < -0.3 is 15.3 Å². The van der Waals surface area contributed by atoms with E-state index in [0.29, 0.717) is 18.7 Å². The second-order valence-corrected chi connectivity index (χ2v) is 5.11. The molecule has 1 saturated heterocycles. The fraction of sp³-hybridized carbons (Fsp3) is 0.500. The Labute approximate surface area is 109 Å². The molecular formula is C12H16N2O3S. The molecule has 2 amide bonds. The normalized spacial score (nSPS) is 19.6. The number of hydrogen-bond donors (Lipinski definition) is 2. The molecule has 0 aromatic carbocycles. The molecule has 2 rings (SSSR count). The Bertz CT molecular complexity index is 419. The molecule has 2 N–H and O–H groups in total. The van der Waals surface area contributed by atoms with Crippen molar-refractivity contribution in [3.8, 4) is 0 Å². The number of nitrogens with one attached hydrogen (secondary N) is 1. The molecule has 0 spiro atoms. The van der Waals surface area contributed by atoms with E-state index in [4.69, 9.17) is 0 Å². The maximum absolute atomic E-state index is 11.8. The van der Waals surface area contributed by atoms with E-state index in [0.717, 1.165) is 12.8 Å². The summed E-state index contributed by atoms with van der Waals surface area (Å²) in [6, 6.07) is 1.72. The van der Waals surface area contributed by atoms with Gasteiger partial charge in [0.2, 0.25) is 5.91 Å². The average molecular weight is 268 g/mol. The molecule has 18 heavy (non-hydrogen) atoms. The predicted molar refractivity (Wildman–Crippen MR) is 68.5 cm³/mol. The first kappa shape index (κ1) is 13.0. The number of carbonyl (C=O) groups excluding carboxylic acids is 2. The van der Waals surface area contributed by atoms with Gasteiger partial charge in [0.25, 0.3) is 5.91 Å². The maximum Gasteiger partial charge on any atom is 0.252 e. The molecule has 5 nitrogen and oxygen atoms in total. The Kier molecular flexibility index (Phi) is 4.33. The van der Waals surface area contributed by atoms with E-state index >= 15 is 0 Å². The van der Waals surface area contributed by atoms with Gasteiger partial charge in [-0.2, -0.15) is 11.3 Å². The Morgan fingerprint density at radius 1 is 1.56 bits per heavy atom. The fourth-order valence-corrected chi connectivity index (χ4v) is 2.58. The van der Waals surface area contributed by atoms with Crippen LogP contribution >= 0.6 is 11.3 Å². The van der Waals surface area contributed by atoms with Crippen LogP contribution in [0.15, 0.2) is 16.8 Å². The van der Waals surface area contributed by atoms with Crippen LogP contribution < -0.4 is 5.32 Å². The molecule has 0 aliphatic carbocycles. The second kappa shape index (κ2) is 5.97. The Morgan fingerprint density at radius 3 is 3.06 bits per heavy atom. The number of aliphatic hydroxyl groups excluding tert-OH is 1. The van der Waals surface area contributed by atoms with E-state index in [1.54, 1.807) is 16.3 Å². The van der Waals surface area contributed by atoms with Gasteiger partial charge >= 0.3 is 0 Å². The lowest BCUT2D eigenvalue weighted by atomic mass is 10.1. The number of thiophene rings is 1. The smallest absolute Gasteiger partial charge is 0.252 e. The lowest BCUT2D eigenvalue weighted by molar-refractivity contribution is -0.133. The summed E-state index contributed by atoms with van der Waals surface area (Å²) in [5.41, 5.74) is 0.575. The van der Waals surface area contributed by atoms with Crippen LogP contribution in [0.2, 0.25) is 0 Å². The van der Waals surface area contributed by atoms with Crippen molar-refractivity contribution in [1.82, 2.24) is 10.2 Å². The van der Waals surface area contributed by atoms with Crippen molar-refractivity contribution in [2.45, 2.75) is 18.9 Å². The highest BCUT2D eigenvalue weighted by Crippen LogP contribution is 2.09. The number of likely N-dealkylation sites (tertiary alicyclic amines) is 1. The minimum atomic E-state index is -0.435. The molecule has 1 aromatic rings. The van der Waals surface area contributed by atoms with Crippen molar-refractivity contribution >= 4 is 23.2 Å². The molecule has 2 heterocycles. The van der Waals surface area contributed by atoms with Crippen LogP contribution in [-0.4, -0.2) is 47.6 Å². The van der Waals surface area contributed by atoms with E-state index in [1.807, 2.05) is 5.38 Å². The number of carbonyl (C=O) groups is 2. The van der Waals surface area contributed by atoms with Crippen LogP contribution in [-0.2, 0) is 4.79 Å². The van der Waals surface area contributed by atoms with Gasteiger partial charge in [-0.05, 0) is 24.3 Å². The first-order chi connectivity index (χ1) is 8.66. The highest BCUT2D eigenvalue weighted by Gasteiger charge is 2.22. The van der Waals surface area contributed by atoms with Gasteiger partial charge in [0.05, 0.1) is 12.6 Å². The second-order valence-electron chi connectivity index (χ2n) is 4.33. The van der Waals surface area contributed by atoms with Gasteiger partial charge in [0.15, 0.2) is 0 Å². The average Bonchev–Trinajstić information content (AvgIpc) is 2.89. The number of piperidine rings is 1. The zero-order valence-electron chi connectivity index (χ0n) is 9.96. The third-order valence-electron chi connectivity index (χ3n) is 2.93. The van der Waals surface area contributed by atoms with Gasteiger partial charge in [0, 0.05) is 24.0 Å². The summed E-state index contributed by atoms with van der Waals surface area (Å²) in [5, 5.41) is 15.6. The third kappa shape index (κ3) is 3.30. The van der Waals surface area contributed by atoms with Crippen LogP contribution in [0.3, 0.4) is 0 Å². The fourth-order valence-electron chi connectivity index (χ4n) is 1.94. The first-order valence-electron chi connectivity index (χ1n) is 5.93. The molecule has 1 fully saturated rings. The van der Waals surface area contributed by atoms with Crippen molar-refractivity contribution in [3.63, 3.8) is 0 Å². The predicted octanol–water partition coefficient (Wildman–Crippen LogP) is 0.461. The Balaban J connectivity index is 1.79. The molecule has 0 radical (unpaired) electrons. The third-order valence-corrected chi connectivity index (χ3v) is 3.62. The number of nitrogens with zero attached hydrogens (tertiary/aromatic N) is 1. The SMILES string of the molecule is O=C(NCC(=O)N1CCCC(O)C1)c1ccsc1. The monoisotopic (exact) mass is 268 g/mol. The summed E-state index contributed by atoms with van der Waals surface area (Å²) in [4.78, 5) is 25.1. The van der Waals surface area contributed by atoms with Gasteiger partial charge in [-0.1, -0.05) is 0 Å². The van der Waals surface area contributed by atoms with E-state index in [2.05, 4.69) is 5.32 Å². The lowest BCUT2D eigenvalue weighted by Crippen LogP contribution is -2.46. The largest absolute Gasteiger partial charge is 0.391 e. The van der Waals surface area contributed by atoms with Gasteiger partial charge in [-0.15, -0.1) is 0 Å². The summed E-state index contributed by atoms with van der Waals surface area (Å²) < 4.78 is 0. The van der Waals surface area contributed by atoms with Crippen LogP contribution in [0.1, 0.15) is 23.2 Å². The summed E-state index contributed by atoms with van der Waals surface area (Å²) >= 11 is 1.44. The Hall–Kier alpha value is -1.40. The van der Waals surface area contributed by atoms with E-state index in [-0.39, 0.29) is 18.4 Å². The minimum absolute atomic E-state index is 0.0125. The van der Waals surface area contributed by atoms with Gasteiger partial charge in [-0.3, -0.25) is 9.59 Å². The van der Waals surface area contributed by atoms with E-state index < -0.39 is 6.10 Å². The molecule has 0 saturated carbocycles. The highest BCUT2D eigenvalue weighted by atomic mass is 32.1. The van der Waals surface area contributed by atoms with Crippen molar-refractivity contribution < 1.29 is 14.7 Å². The summed E-state index contributed by atoms with van der Waals surface area (Å²) in [6.07, 6.45) is 1.12. The maximum atomic E-state index is 11.8. The quantitative estimate of drug-likeness (QED) is 0.837. The topological polar surface area (TPSA) is 69.6 Å². The van der Waals surface area contributed by atoms with Crippen LogP contribution in [0.4, 0.5) is 0 Å². The van der Waals surface area contributed by atoms with E-state index in [1.165, 1.54) is 11.3 Å². The molecule has 98 valence electrons. The number of aliphatic hydroxyl groups is 1. The lowest BCUT2D eigenvalue weighted by Gasteiger charge is -2.30. The summed E-state index contributed by atoms with van der Waals surface area (Å²) in [5.74, 6) is -0.375. The molecule has 1 atom stereocenters. The highest BCUT2D eigenvalue weighted by molar-refractivity contribution is 7.08. The van der Waals surface area contributed by atoms with Crippen molar-refractivity contribution in [2.24, 2.45) is 0 Å². The molecule has 1 aliphatic rings. The number of rotatable bonds is 3. The molecule has 1 aromatic heterocycles. The van der Waals surface area contributed by atoms with Crippen molar-refractivity contribution in [2.75, 3.05) is 19.6 Å². The molecule has 0 bridgehead atoms. The van der Waals surface area contributed by atoms with Gasteiger partial charge in [-0.25, -0.2) is 0 Å². The van der Waals surface area contributed by atoms with Crippen molar-refractivity contribution in [1.29, 1.82) is 0 Å². The van der Waals surface area contributed by atoms with E-state index in [9.17, 15) is 14.7 Å². The van der Waals surface area contributed by atoms with Crippen molar-refractivity contribution in [3.05, 3.63) is 22.4 Å². The zero-order valence-corrected chi connectivity index (χ0v) is 10.8. The van der Waals surface area contributed by atoms with Crippen LogP contribution in [0.5, 0.6) is 0 Å². The standard InChI is InChI=1S/C12H16N2O3S/c15-10-2-1-4-14(7-10)11(16)6-13-12(17)9-3-5-18-8-9/h3,5,8,10,15H,1-2,4,6-7H2,(H,13,17). The molecule has 1 aliphatic heterocycles. The van der Waals surface area contributed by atoms with Gasteiger partial charge in [0.1, 0.15) is 0 Å². The zero-order chi connectivity index (χ0) is 13.0. The summed E-state index contributed by atoms with van der Waals surface area (Å²) in [7, 11) is 0. The number of hydrogen-bond acceptors (Lipinski definition) is 4. The number of β-amino-alcohol motifs (C(OH)–C–C–N with tert-alkyl or cyclic N) is 1. The minimum Gasteiger partial charge on any atom is -0.391 e. The summed E-state index contributed by atoms with van der Waals surface area (Å²) in [6.45, 7) is 1.01. The van der Waals surface area contributed by atoms with Crippen LogP contribution in [0.25, 0.3) is 0 Å². The Morgan fingerprint density at radius 2 is 2.39 bits per heavy atom. The van der Waals surface area contributed by atoms with Crippen LogP contribution in [0, 0.1) is 0 Å². The molecular weight excluding hydrogens is 252 g/mol. The number of amides is 2. The first-order valence-corrected chi connectivity index (χ1v) is 6.87. The molecule has 6 heteroatoms. The molecule has 1 unspecified atom stereocenters.